The zero-order chi connectivity index (χ0) is 20.0. The second-order valence-electron chi connectivity index (χ2n) is 5.45. The zero-order valence-electron chi connectivity index (χ0n) is 13.9. The van der Waals surface area contributed by atoms with Crippen molar-refractivity contribution in [3.05, 3.63) is 63.2 Å². The highest BCUT2D eigenvalue weighted by Gasteiger charge is 2.16. The lowest BCUT2D eigenvalue weighted by Gasteiger charge is -2.08. The number of hydrogen-bond acceptors (Lipinski definition) is 6. The summed E-state index contributed by atoms with van der Waals surface area (Å²) in [5.74, 6) is -0.515. The second kappa shape index (κ2) is 8.80. The maximum atomic E-state index is 11.8. The Hall–Kier alpha value is -2.69. The molecule has 0 unspecified atom stereocenters. The molecule has 27 heavy (non-hydrogen) atoms. The van der Waals surface area contributed by atoms with Crippen molar-refractivity contribution in [1.82, 2.24) is 5.32 Å². The van der Waals surface area contributed by atoms with Gasteiger partial charge in [-0.05, 0) is 36.2 Å². The number of rotatable bonds is 8. The molecular formula is C16H16ClN3O6S. The average Bonchev–Trinajstić information content (AvgIpc) is 2.60. The van der Waals surface area contributed by atoms with Gasteiger partial charge in [-0.25, -0.2) is 13.6 Å². The number of carbonyl (C=O) groups is 1. The highest BCUT2D eigenvalue weighted by Crippen LogP contribution is 2.29. The Morgan fingerprint density at radius 3 is 2.48 bits per heavy atom. The molecule has 0 fully saturated rings. The van der Waals surface area contributed by atoms with Crippen molar-refractivity contribution in [1.29, 1.82) is 0 Å². The Kier molecular flexibility index (Phi) is 6.72. The minimum Gasteiger partial charge on any atom is -0.477 e. The molecule has 3 N–H and O–H groups in total. The van der Waals surface area contributed by atoms with Crippen LogP contribution in [0.1, 0.15) is 5.56 Å². The Labute approximate surface area is 160 Å². The molecule has 0 aliphatic heterocycles. The van der Waals surface area contributed by atoms with Gasteiger partial charge >= 0.3 is 5.69 Å². The van der Waals surface area contributed by atoms with E-state index in [0.717, 1.165) is 11.6 Å². The molecule has 9 nitrogen and oxygen atoms in total. The number of nitrogens with one attached hydrogen (secondary N) is 1. The van der Waals surface area contributed by atoms with Gasteiger partial charge in [-0.15, -0.1) is 0 Å². The summed E-state index contributed by atoms with van der Waals surface area (Å²) in [5.41, 5.74) is 0.474. The summed E-state index contributed by atoms with van der Waals surface area (Å²) in [6.07, 6.45) is 0.456. The molecule has 0 spiro atoms. The highest BCUT2D eigenvalue weighted by atomic mass is 35.5. The maximum Gasteiger partial charge on any atom is 0.312 e. The first-order valence-electron chi connectivity index (χ1n) is 7.62. The number of nitrogens with two attached hydrogens (primary N) is 1. The lowest BCUT2D eigenvalue weighted by molar-refractivity contribution is -0.385. The number of ether oxygens (including phenoxy) is 1. The van der Waals surface area contributed by atoms with Crippen LogP contribution in [0.5, 0.6) is 5.75 Å². The molecule has 0 heterocycles. The van der Waals surface area contributed by atoms with Crippen molar-refractivity contribution >= 4 is 33.2 Å². The molecule has 0 atom stereocenters. The van der Waals surface area contributed by atoms with Crippen LogP contribution >= 0.6 is 11.6 Å². The van der Waals surface area contributed by atoms with Gasteiger partial charge in [0.15, 0.2) is 12.4 Å². The fraction of sp³-hybridized carbons (Fsp3) is 0.188. The van der Waals surface area contributed by atoms with Crippen molar-refractivity contribution in [2.45, 2.75) is 11.3 Å². The Balaban J connectivity index is 1.83. The van der Waals surface area contributed by atoms with Gasteiger partial charge in [-0.1, -0.05) is 23.7 Å². The minimum atomic E-state index is -3.74. The topological polar surface area (TPSA) is 142 Å². The van der Waals surface area contributed by atoms with Crippen LogP contribution in [0.2, 0.25) is 5.02 Å². The van der Waals surface area contributed by atoms with Gasteiger partial charge in [0.25, 0.3) is 5.91 Å². The fourth-order valence-corrected chi connectivity index (χ4v) is 2.82. The molecule has 0 aromatic heterocycles. The lowest BCUT2D eigenvalue weighted by Crippen LogP contribution is -2.30. The summed E-state index contributed by atoms with van der Waals surface area (Å²) in [7, 11) is -3.74. The van der Waals surface area contributed by atoms with Crippen LogP contribution in [0.3, 0.4) is 0 Å². The summed E-state index contributed by atoms with van der Waals surface area (Å²) in [4.78, 5) is 22.1. The van der Waals surface area contributed by atoms with Gasteiger partial charge in [0, 0.05) is 17.6 Å². The van der Waals surface area contributed by atoms with Gasteiger partial charge in [0.1, 0.15) is 0 Å². The molecule has 2 aromatic rings. The largest absolute Gasteiger partial charge is 0.477 e. The average molecular weight is 414 g/mol. The second-order valence-corrected chi connectivity index (χ2v) is 7.44. The zero-order valence-corrected chi connectivity index (χ0v) is 15.5. The van der Waals surface area contributed by atoms with Crippen LogP contribution in [-0.2, 0) is 21.2 Å². The standard InChI is InChI=1S/C16H16ClN3O6S/c17-12-3-6-15(14(9-12)20(22)23)26-10-16(21)19-8-7-11-1-4-13(5-2-11)27(18,24)25/h1-6,9H,7-8,10H2,(H,19,21)(H2,18,24,25). The number of amides is 1. The molecule has 0 saturated heterocycles. The van der Waals surface area contributed by atoms with E-state index >= 15 is 0 Å². The third-order valence-electron chi connectivity index (χ3n) is 3.46. The van der Waals surface area contributed by atoms with Crippen LogP contribution in [0.15, 0.2) is 47.4 Å². The number of nitro groups is 1. The van der Waals surface area contributed by atoms with Crippen molar-refractivity contribution in [3.8, 4) is 5.75 Å². The summed E-state index contributed by atoms with van der Waals surface area (Å²) < 4.78 is 27.5. The normalized spacial score (nSPS) is 11.0. The van der Waals surface area contributed by atoms with Crippen LogP contribution in [-0.4, -0.2) is 32.4 Å². The molecule has 11 heteroatoms. The van der Waals surface area contributed by atoms with E-state index < -0.39 is 27.5 Å². The van der Waals surface area contributed by atoms with E-state index in [1.165, 1.54) is 24.3 Å². The van der Waals surface area contributed by atoms with E-state index in [4.69, 9.17) is 21.5 Å². The number of carbonyl (C=O) groups excluding carboxylic acids is 1. The molecule has 1 amide bonds. The molecule has 0 bridgehead atoms. The number of sulfonamides is 1. The predicted octanol–water partition coefficient (Wildman–Crippen LogP) is 1.63. The van der Waals surface area contributed by atoms with Crippen LogP contribution in [0.25, 0.3) is 0 Å². The molecule has 0 radical (unpaired) electrons. The van der Waals surface area contributed by atoms with Gasteiger partial charge in [0.2, 0.25) is 10.0 Å². The first-order chi connectivity index (χ1) is 12.7. The number of primary sulfonamides is 1. The van der Waals surface area contributed by atoms with E-state index in [1.54, 1.807) is 12.1 Å². The maximum absolute atomic E-state index is 11.8. The molecule has 2 rings (SSSR count). The third kappa shape index (κ3) is 6.20. The smallest absolute Gasteiger partial charge is 0.312 e. The lowest BCUT2D eigenvalue weighted by atomic mass is 10.1. The molecule has 2 aromatic carbocycles. The van der Waals surface area contributed by atoms with Crippen molar-refractivity contribution in [2.24, 2.45) is 5.14 Å². The first-order valence-corrected chi connectivity index (χ1v) is 9.54. The summed E-state index contributed by atoms with van der Waals surface area (Å²) in [6.45, 7) is -0.119. The van der Waals surface area contributed by atoms with Gasteiger partial charge < -0.3 is 10.1 Å². The highest BCUT2D eigenvalue weighted by molar-refractivity contribution is 7.89. The number of halogens is 1. The first kappa shape index (κ1) is 20.6. The molecule has 0 aliphatic rings. The van der Waals surface area contributed by atoms with Crippen LogP contribution in [0.4, 0.5) is 5.69 Å². The van der Waals surface area contributed by atoms with Gasteiger partial charge in [-0.3, -0.25) is 14.9 Å². The predicted molar refractivity (Wildman–Crippen MR) is 98.1 cm³/mol. The third-order valence-corrected chi connectivity index (χ3v) is 4.63. The van der Waals surface area contributed by atoms with E-state index in [-0.39, 0.29) is 27.9 Å². The summed E-state index contributed by atoms with van der Waals surface area (Å²) >= 11 is 5.71. The van der Waals surface area contributed by atoms with E-state index in [9.17, 15) is 23.3 Å². The Morgan fingerprint density at radius 1 is 1.22 bits per heavy atom. The van der Waals surface area contributed by atoms with Gasteiger partial charge in [0.05, 0.1) is 9.82 Å². The SMILES string of the molecule is NS(=O)(=O)c1ccc(CCNC(=O)COc2ccc(Cl)cc2[N+](=O)[O-])cc1. The monoisotopic (exact) mass is 413 g/mol. The quantitative estimate of drug-likeness (QED) is 0.497. The number of benzene rings is 2. The molecular weight excluding hydrogens is 398 g/mol. The number of hydrogen-bond donors (Lipinski definition) is 2. The van der Waals surface area contributed by atoms with Crippen LogP contribution < -0.4 is 15.2 Å². The molecule has 0 aliphatic carbocycles. The Bertz CT molecular complexity index is 947. The number of nitrogens with zero attached hydrogens (tertiary/aromatic N) is 1. The van der Waals surface area contributed by atoms with Gasteiger partial charge in [-0.2, -0.15) is 0 Å². The number of nitro benzene ring substituents is 1. The summed E-state index contributed by atoms with van der Waals surface area (Å²) in [6, 6.07) is 9.84. The molecule has 144 valence electrons. The fourth-order valence-electron chi connectivity index (χ4n) is 2.14. The van der Waals surface area contributed by atoms with Crippen LogP contribution in [0, 0.1) is 10.1 Å². The van der Waals surface area contributed by atoms with Crippen molar-refractivity contribution < 1.29 is 22.9 Å². The summed E-state index contributed by atoms with van der Waals surface area (Å²) in [5, 5.41) is 18.8. The van der Waals surface area contributed by atoms with Crippen molar-refractivity contribution in [3.63, 3.8) is 0 Å². The Morgan fingerprint density at radius 2 is 1.89 bits per heavy atom. The van der Waals surface area contributed by atoms with E-state index in [2.05, 4.69) is 5.32 Å². The van der Waals surface area contributed by atoms with E-state index in [1.807, 2.05) is 0 Å². The molecule has 0 saturated carbocycles. The van der Waals surface area contributed by atoms with E-state index in [0.29, 0.717) is 6.42 Å². The minimum absolute atomic E-state index is 0.00763. The van der Waals surface area contributed by atoms with Crippen molar-refractivity contribution in [2.75, 3.05) is 13.2 Å².